The Morgan fingerprint density at radius 1 is 1.28 bits per heavy atom. The quantitative estimate of drug-likeness (QED) is 0.610. The molecule has 0 radical (unpaired) electrons. The van der Waals surface area contributed by atoms with Crippen LogP contribution < -0.4 is 0 Å². The highest BCUT2D eigenvalue weighted by molar-refractivity contribution is 5.93. The summed E-state index contributed by atoms with van der Waals surface area (Å²) in [5.74, 6) is -0.231. The second kappa shape index (κ2) is 8.02. The lowest BCUT2D eigenvalue weighted by atomic mass is 9.95. The van der Waals surface area contributed by atoms with Crippen molar-refractivity contribution in [3.63, 3.8) is 0 Å². The van der Waals surface area contributed by atoms with Crippen LogP contribution in [0.25, 0.3) is 0 Å². The van der Waals surface area contributed by atoms with Gasteiger partial charge in [-0.15, -0.1) is 5.11 Å². The molecule has 0 bridgehead atoms. The molecule has 0 saturated carbocycles. The average Bonchev–Trinajstić information content (AvgIpc) is 2.98. The summed E-state index contributed by atoms with van der Waals surface area (Å²) >= 11 is 0. The Bertz CT molecular complexity index is 749. The first kappa shape index (κ1) is 17.3. The van der Waals surface area contributed by atoms with Crippen LogP contribution in [0.1, 0.15) is 41.9 Å². The molecule has 1 aromatic heterocycles. The third kappa shape index (κ3) is 3.93. The van der Waals surface area contributed by atoms with Crippen molar-refractivity contribution in [1.29, 1.82) is 0 Å². The lowest BCUT2D eigenvalue weighted by Crippen LogP contribution is -2.14. The summed E-state index contributed by atoms with van der Waals surface area (Å²) in [7, 11) is 1.73. The Morgan fingerprint density at radius 3 is 2.68 bits per heavy atom. The molecule has 0 aliphatic carbocycles. The Labute approximate surface area is 146 Å². The number of carbonyl (C=O) groups excluding carboxylic acids is 1. The van der Waals surface area contributed by atoms with Crippen molar-refractivity contribution in [2.75, 3.05) is 19.8 Å². The minimum atomic E-state index is -0.433. The maximum absolute atomic E-state index is 12.4. The molecule has 2 heterocycles. The number of aromatic nitrogens is 2. The van der Waals surface area contributed by atoms with E-state index in [4.69, 9.17) is 9.47 Å². The van der Waals surface area contributed by atoms with Crippen LogP contribution in [0.4, 0.5) is 11.4 Å². The molecular formula is C18H22N4O3. The van der Waals surface area contributed by atoms with Gasteiger partial charge in [-0.2, -0.15) is 10.2 Å². The van der Waals surface area contributed by atoms with Crippen LogP contribution in [0, 0.1) is 0 Å². The topological polar surface area (TPSA) is 78.1 Å². The van der Waals surface area contributed by atoms with Gasteiger partial charge >= 0.3 is 5.97 Å². The SMILES string of the molecule is CCOC(=O)c1c(/N=N/c2ccccc2)c(C2CCOCC2)nn1C. The van der Waals surface area contributed by atoms with E-state index in [-0.39, 0.29) is 5.92 Å². The van der Waals surface area contributed by atoms with Crippen molar-refractivity contribution >= 4 is 17.3 Å². The summed E-state index contributed by atoms with van der Waals surface area (Å²) in [6.45, 7) is 3.45. The minimum Gasteiger partial charge on any atom is -0.461 e. The fourth-order valence-electron chi connectivity index (χ4n) is 2.91. The summed E-state index contributed by atoms with van der Waals surface area (Å²) in [4.78, 5) is 12.4. The van der Waals surface area contributed by atoms with Crippen molar-refractivity contribution in [1.82, 2.24) is 9.78 Å². The van der Waals surface area contributed by atoms with Crippen LogP contribution in [0.2, 0.25) is 0 Å². The monoisotopic (exact) mass is 342 g/mol. The molecule has 2 aromatic rings. The number of nitrogens with zero attached hydrogens (tertiary/aromatic N) is 4. The number of aryl methyl sites for hydroxylation is 1. The van der Waals surface area contributed by atoms with E-state index in [0.717, 1.165) is 24.2 Å². The molecule has 132 valence electrons. The number of ether oxygens (including phenoxy) is 2. The predicted octanol–water partition coefficient (Wildman–Crippen LogP) is 3.91. The molecule has 1 aliphatic heterocycles. The summed E-state index contributed by atoms with van der Waals surface area (Å²) < 4.78 is 12.2. The first-order valence-corrected chi connectivity index (χ1v) is 8.49. The fraction of sp³-hybridized carbons (Fsp3) is 0.444. The van der Waals surface area contributed by atoms with Gasteiger partial charge in [0.05, 0.1) is 18.0 Å². The maximum atomic E-state index is 12.4. The molecule has 1 aromatic carbocycles. The van der Waals surface area contributed by atoms with E-state index in [0.29, 0.717) is 31.2 Å². The highest BCUT2D eigenvalue weighted by Crippen LogP contribution is 2.36. The normalized spacial score (nSPS) is 15.6. The minimum absolute atomic E-state index is 0.202. The Balaban J connectivity index is 2.01. The van der Waals surface area contributed by atoms with Gasteiger partial charge in [0.1, 0.15) is 5.69 Å². The number of esters is 1. The van der Waals surface area contributed by atoms with Crippen molar-refractivity contribution in [3.8, 4) is 0 Å². The van der Waals surface area contributed by atoms with E-state index in [1.165, 1.54) is 0 Å². The van der Waals surface area contributed by atoms with E-state index in [1.807, 2.05) is 30.3 Å². The van der Waals surface area contributed by atoms with Crippen LogP contribution >= 0.6 is 0 Å². The Kier molecular flexibility index (Phi) is 5.55. The molecule has 1 saturated heterocycles. The molecule has 25 heavy (non-hydrogen) atoms. The molecule has 0 amide bonds. The van der Waals surface area contributed by atoms with E-state index in [1.54, 1.807) is 18.7 Å². The van der Waals surface area contributed by atoms with Crippen molar-refractivity contribution in [2.24, 2.45) is 17.3 Å². The molecule has 0 spiro atoms. The molecule has 0 atom stereocenters. The number of rotatable bonds is 5. The molecule has 1 aliphatic rings. The fourth-order valence-corrected chi connectivity index (χ4v) is 2.91. The van der Waals surface area contributed by atoms with Gasteiger partial charge in [-0.05, 0) is 31.9 Å². The zero-order chi connectivity index (χ0) is 17.6. The lowest BCUT2D eigenvalue weighted by Gasteiger charge is -2.20. The second-order valence-corrected chi connectivity index (χ2v) is 5.85. The molecule has 7 heteroatoms. The zero-order valence-electron chi connectivity index (χ0n) is 14.5. The molecule has 0 N–H and O–H groups in total. The van der Waals surface area contributed by atoms with Crippen LogP contribution in [-0.4, -0.2) is 35.6 Å². The maximum Gasteiger partial charge on any atom is 0.358 e. The predicted molar refractivity (Wildman–Crippen MR) is 92.6 cm³/mol. The summed E-state index contributed by atoms with van der Waals surface area (Å²) in [5.41, 5.74) is 2.34. The number of azo groups is 1. The van der Waals surface area contributed by atoms with E-state index in [2.05, 4.69) is 15.3 Å². The second-order valence-electron chi connectivity index (χ2n) is 5.85. The van der Waals surface area contributed by atoms with E-state index >= 15 is 0 Å². The van der Waals surface area contributed by atoms with Gasteiger partial charge in [0.2, 0.25) is 0 Å². The smallest absolute Gasteiger partial charge is 0.358 e. The van der Waals surface area contributed by atoms with Crippen LogP contribution in [0.3, 0.4) is 0 Å². The van der Waals surface area contributed by atoms with Crippen LogP contribution in [0.15, 0.2) is 40.6 Å². The van der Waals surface area contributed by atoms with Crippen molar-refractivity contribution in [2.45, 2.75) is 25.7 Å². The summed E-state index contributed by atoms with van der Waals surface area (Å²) in [6.07, 6.45) is 1.71. The third-order valence-electron chi connectivity index (χ3n) is 4.15. The lowest BCUT2D eigenvalue weighted by molar-refractivity contribution is 0.0514. The van der Waals surface area contributed by atoms with Gasteiger partial charge < -0.3 is 9.47 Å². The van der Waals surface area contributed by atoms with Gasteiger partial charge in [0, 0.05) is 26.2 Å². The third-order valence-corrected chi connectivity index (χ3v) is 4.15. The molecular weight excluding hydrogens is 320 g/mol. The van der Waals surface area contributed by atoms with Gasteiger partial charge in [-0.25, -0.2) is 4.79 Å². The number of hydrogen-bond acceptors (Lipinski definition) is 6. The summed E-state index contributed by atoms with van der Waals surface area (Å²) in [6, 6.07) is 9.42. The van der Waals surface area contributed by atoms with Gasteiger partial charge in [-0.3, -0.25) is 4.68 Å². The van der Waals surface area contributed by atoms with E-state index < -0.39 is 5.97 Å². The van der Waals surface area contributed by atoms with E-state index in [9.17, 15) is 4.79 Å². The van der Waals surface area contributed by atoms with Crippen LogP contribution in [0.5, 0.6) is 0 Å². The highest BCUT2D eigenvalue weighted by Gasteiger charge is 2.29. The largest absolute Gasteiger partial charge is 0.461 e. The average molecular weight is 342 g/mol. The standard InChI is InChI=1S/C18H22N4O3/c1-3-25-18(23)17-16(20-19-14-7-5-4-6-8-14)15(21-22(17)2)13-9-11-24-12-10-13/h4-8,13H,3,9-12H2,1-2H3/b20-19+. The molecule has 1 fully saturated rings. The number of benzene rings is 1. The zero-order valence-corrected chi connectivity index (χ0v) is 14.5. The molecule has 7 nitrogen and oxygen atoms in total. The van der Waals surface area contributed by atoms with Gasteiger partial charge in [-0.1, -0.05) is 18.2 Å². The van der Waals surface area contributed by atoms with Gasteiger partial charge in [0.25, 0.3) is 0 Å². The first-order valence-electron chi connectivity index (χ1n) is 8.49. The van der Waals surface area contributed by atoms with Crippen LogP contribution in [-0.2, 0) is 16.5 Å². The van der Waals surface area contributed by atoms with Gasteiger partial charge in [0.15, 0.2) is 5.69 Å². The van der Waals surface area contributed by atoms with Crippen molar-refractivity contribution in [3.05, 3.63) is 41.7 Å². The Hall–Kier alpha value is -2.54. The van der Waals surface area contributed by atoms with Crippen molar-refractivity contribution < 1.29 is 14.3 Å². The first-order chi connectivity index (χ1) is 12.2. The summed E-state index contributed by atoms with van der Waals surface area (Å²) in [5, 5.41) is 13.2. The number of carbonyl (C=O) groups is 1. The number of hydrogen-bond donors (Lipinski definition) is 0. The molecule has 0 unspecified atom stereocenters. The highest BCUT2D eigenvalue weighted by atomic mass is 16.5. The Morgan fingerprint density at radius 2 is 2.00 bits per heavy atom. The molecule has 3 rings (SSSR count).